The van der Waals surface area contributed by atoms with Gasteiger partial charge in [0.25, 0.3) is 0 Å². The summed E-state index contributed by atoms with van der Waals surface area (Å²) in [6, 6.07) is 17.8. The van der Waals surface area contributed by atoms with Gasteiger partial charge in [-0.1, -0.05) is 55.1 Å². The standard InChI is InChI=1S/C30H40N2O3/c1-3-25(12-11-24(2)35-23-21-32-19-17-31-18-20-32)30(27-13-15-28(34)16-14-27)29(10-7-22-33)26-8-5-4-6-9-26/h3-6,8-9,13-16,31,33-34H,2,7,10-12,17-23H2,1H3/b25-3+,30-29+. The lowest BCUT2D eigenvalue weighted by Crippen LogP contribution is -2.44. The van der Waals surface area contributed by atoms with E-state index in [0.29, 0.717) is 13.0 Å². The molecule has 35 heavy (non-hydrogen) atoms. The molecule has 0 bridgehead atoms. The molecule has 0 unspecified atom stereocenters. The highest BCUT2D eigenvalue weighted by molar-refractivity contribution is 5.98. The minimum atomic E-state index is 0.141. The first-order valence-corrected chi connectivity index (χ1v) is 12.7. The smallest absolute Gasteiger partial charge is 0.115 e. The zero-order valence-corrected chi connectivity index (χ0v) is 21.0. The van der Waals surface area contributed by atoms with Gasteiger partial charge >= 0.3 is 0 Å². The van der Waals surface area contributed by atoms with Crippen molar-refractivity contribution < 1.29 is 14.9 Å². The van der Waals surface area contributed by atoms with Crippen LogP contribution in [0.3, 0.4) is 0 Å². The number of nitrogens with one attached hydrogen (secondary N) is 1. The predicted molar refractivity (Wildman–Crippen MR) is 145 cm³/mol. The van der Waals surface area contributed by atoms with Crippen LogP contribution in [0, 0.1) is 0 Å². The summed E-state index contributed by atoms with van der Waals surface area (Å²) in [5.74, 6) is 1.05. The molecule has 0 aliphatic carbocycles. The number of aliphatic hydroxyl groups excluding tert-OH is 1. The Morgan fingerprint density at radius 3 is 2.37 bits per heavy atom. The van der Waals surface area contributed by atoms with Crippen LogP contribution in [0.4, 0.5) is 0 Å². The van der Waals surface area contributed by atoms with Gasteiger partial charge in [-0.15, -0.1) is 0 Å². The van der Waals surface area contributed by atoms with Gasteiger partial charge in [-0.2, -0.15) is 0 Å². The summed E-state index contributed by atoms with van der Waals surface area (Å²) < 4.78 is 5.98. The molecule has 2 aromatic carbocycles. The fourth-order valence-corrected chi connectivity index (χ4v) is 4.50. The number of phenolic OH excluding ortho intramolecular Hbond substituents is 1. The van der Waals surface area contributed by atoms with Crippen molar-refractivity contribution in [2.24, 2.45) is 0 Å². The lowest BCUT2D eigenvalue weighted by molar-refractivity contribution is 0.144. The van der Waals surface area contributed by atoms with Crippen molar-refractivity contribution in [3.63, 3.8) is 0 Å². The van der Waals surface area contributed by atoms with E-state index < -0.39 is 0 Å². The second kappa shape index (κ2) is 14.5. The van der Waals surface area contributed by atoms with Crippen LogP contribution in [0.1, 0.15) is 43.7 Å². The number of hydrogen-bond donors (Lipinski definition) is 3. The molecule has 2 aromatic rings. The fraction of sp³-hybridized carbons (Fsp3) is 0.400. The van der Waals surface area contributed by atoms with Crippen LogP contribution >= 0.6 is 0 Å². The average Bonchev–Trinajstić information content (AvgIpc) is 2.90. The molecule has 0 saturated carbocycles. The quantitative estimate of drug-likeness (QED) is 0.210. The number of piperazine rings is 1. The minimum Gasteiger partial charge on any atom is -0.508 e. The van der Waals surface area contributed by atoms with E-state index in [2.05, 4.69) is 41.9 Å². The summed E-state index contributed by atoms with van der Waals surface area (Å²) in [6.07, 6.45) is 5.15. The lowest BCUT2D eigenvalue weighted by atomic mass is 9.85. The van der Waals surface area contributed by atoms with Crippen LogP contribution in [0.15, 0.2) is 78.6 Å². The van der Waals surface area contributed by atoms with Gasteiger partial charge in [0.05, 0.1) is 5.76 Å². The van der Waals surface area contributed by atoms with Crippen molar-refractivity contribution in [3.05, 3.63) is 89.7 Å². The number of phenols is 1. The van der Waals surface area contributed by atoms with Crippen molar-refractivity contribution in [2.45, 2.75) is 32.6 Å². The van der Waals surface area contributed by atoms with E-state index in [0.717, 1.165) is 74.4 Å². The normalized spacial score (nSPS) is 15.5. The molecule has 0 atom stereocenters. The van der Waals surface area contributed by atoms with E-state index in [9.17, 15) is 10.2 Å². The molecule has 5 heteroatoms. The van der Waals surface area contributed by atoms with Crippen molar-refractivity contribution >= 4 is 11.1 Å². The molecule has 1 aliphatic rings. The second-order valence-electron chi connectivity index (χ2n) is 8.89. The van der Waals surface area contributed by atoms with Gasteiger partial charge in [0.15, 0.2) is 0 Å². The Hall–Kier alpha value is -2.86. The van der Waals surface area contributed by atoms with Gasteiger partial charge in [0.2, 0.25) is 0 Å². The predicted octanol–water partition coefficient (Wildman–Crippen LogP) is 5.24. The maximum atomic E-state index is 9.89. The third kappa shape index (κ3) is 8.39. The van der Waals surface area contributed by atoms with Crippen LogP contribution in [-0.2, 0) is 4.74 Å². The van der Waals surface area contributed by atoms with Crippen LogP contribution in [-0.4, -0.2) is 61.1 Å². The number of aliphatic hydroxyl groups is 1. The minimum absolute atomic E-state index is 0.141. The van der Waals surface area contributed by atoms with Crippen LogP contribution in [0.2, 0.25) is 0 Å². The first-order chi connectivity index (χ1) is 17.1. The molecular weight excluding hydrogens is 436 g/mol. The molecule has 188 valence electrons. The van der Waals surface area contributed by atoms with Crippen LogP contribution < -0.4 is 5.32 Å². The third-order valence-corrected chi connectivity index (χ3v) is 6.43. The zero-order valence-electron chi connectivity index (χ0n) is 21.0. The molecule has 1 saturated heterocycles. The summed E-state index contributed by atoms with van der Waals surface area (Å²) in [4.78, 5) is 2.42. The maximum Gasteiger partial charge on any atom is 0.115 e. The Labute approximate surface area is 210 Å². The number of hydrogen-bond acceptors (Lipinski definition) is 5. The number of nitrogens with zero attached hydrogens (tertiary/aromatic N) is 1. The summed E-state index contributed by atoms with van der Waals surface area (Å²) in [5, 5.41) is 22.9. The number of benzene rings is 2. The zero-order chi connectivity index (χ0) is 24.9. The van der Waals surface area contributed by atoms with Gasteiger partial charge < -0.3 is 20.3 Å². The fourth-order valence-electron chi connectivity index (χ4n) is 4.50. The Bertz CT molecular complexity index is 974. The Morgan fingerprint density at radius 2 is 1.71 bits per heavy atom. The largest absolute Gasteiger partial charge is 0.508 e. The Balaban J connectivity index is 1.79. The van der Waals surface area contributed by atoms with Gasteiger partial charge in [-0.25, -0.2) is 0 Å². The number of rotatable bonds is 13. The van der Waals surface area contributed by atoms with E-state index in [4.69, 9.17) is 4.74 Å². The van der Waals surface area contributed by atoms with E-state index in [1.54, 1.807) is 12.1 Å². The third-order valence-electron chi connectivity index (χ3n) is 6.43. The molecule has 0 spiro atoms. The number of allylic oxidation sites excluding steroid dienone is 5. The summed E-state index contributed by atoms with van der Waals surface area (Å²) >= 11 is 0. The lowest BCUT2D eigenvalue weighted by Gasteiger charge is -2.27. The monoisotopic (exact) mass is 476 g/mol. The number of aromatic hydroxyl groups is 1. The highest BCUT2D eigenvalue weighted by Gasteiger charge is 2.17. The molecule has 3 N–H and O–H groups in total. The highest BCUT2D eigenvalue weighted by Crippen LogP contribution is 2.37. The molecule has 3 rings (SSSR count). The second-order valence-corrected chi connectivity index (χ2v) is 8.89. The summed E-state index contributed by atoms with van der Waals surface area (Å²) in [7, 11) is 0. The molecule has 0 radical (unpaired) electrons. The van der Waals surface area contributed by atoms with E-state index in [1.165, 1.54) is 11.1 Å². The van der Waals surface area contributed by atoms with E-state index in [-0.39, 0.29) is 12.4 Å². The average molecular weight is 477 g/mol. The van der Waals surface area contributed by atoms with Crippen molar-refractivity contribution in [3.8, 4) is 5.75 Å². The molecule has 0 amide bonds. The highest BCUT2D eigenvalue weighted by atomic mass is 16.5. The first-order valence-electron chi connectivity index (χ1n) is 12.7. The molecule has 0 aromatic heterocycles. The van der Waals surface area contributed by atoms with Crippen molar-refractivity contribution in [2.75, 3.05) is 45.9 Å². The van der Waals surface area contributed by atoms with Crippen LogP contribution in [0.25, 0.3) is 11.1 Å². The summed E-state index contributed by atoms with van der Waals surface area (Å²) in [6.45, 7) is 12.2. The van der Waals surface area contributed by atoms with Gasteiger partial charge in [-0.3, -0.25) is 4.90 Å². The van der Waals surface area contributed by atoms with Gasteiger partial charge in [0, 0.05) is 45.8 Å². The van der Waals surface area contributed by atoms with Crippen LogP contribution in [0.5, 0.6) is 5.75 Å². The van der Waals surface area contributed by atoms with Gasteiger partial charge in [-0.05, 0) is 66.2 Å². The maximum absolute atomic E-state index is 9.89. The molecule has 1 aliphatic heterocycles. The molecular formula is C30H40N2O3. The Kier molecular flexibility index (Phi) is 11.1. The van der Waals surface area contributed by atoms with Crippen molar-refractivity contribution in [1.29, 1.82) is 0 Å². The topological polar surface area (TPSA) is 65.0 Å². The Morgan fingerprint density at radius 1 is 1.00 bits per heavy atom. The van der Waals surface area contributed by atoms with Gasteiger partial charge in [0.1, 0.15) is 12.4 Å². The van der Waals surface area contributed by atoms with Crippen molar-refractivity contribution in [1.82, 2.24) is 10.2 Å². The van der Waals surface area contributed by atoms with E-state index >= 15 is 0 Å². The van der Waals surface area contributed by atoms with E-state index in [1.807, 2.05) is 30.3 Å². The summed E-state index contributed by atoms with van der Waals surface area (Å²) in [5.41, 5.74) is 5.76. The number of ether oxygens (including phenoxy) is 1. The first kappa shape index (κ1) is 26.7. The molecule has 1 fully saturated rings. The SMILES string of the molecule is C=C(CCC(=C\C)/C(=C(/CCCO)c1ccccc1)c1ccc(O)cc1)OCCN1CCNCC1. The molecule has 5 nitrogen and oxygen atoms in total. The molecule has 1 heterocycles.